The maximum absolute atomic E-state index is 4.38. The van der Waals surface area contributed by atoms with Gasteiger partial charge in [0.2, 0.25) is 0 Å². The highest BCUT2D eigenvalue weighted by molar-refractivity contribution is 5.83. The highest BCUT2D eigenvalue weighted by Gasteiger charge is 2.07. The minimum atomic E-state index is 0.193. The Hall–Kier alpha value is -2.29. The van der Waals surface area contributed by atoms with Gasteiger partial charge in [-0.3, -0.25) is 4.98 Å². The Labute approximate surface area is 112 Å². The molecule has 2 aromatic heterocycles. The van der Waals surface area contributed by atoms with Gasteiger partial charge in [0.15, 0.2) is 0 Å². The van der Waals surface area contributed by atoms with E-state index in [1.165, 1.54) is 10.9 Å². The Morgan fingerprint density at radius 3 is 2.84 bits per heavy atom. The third-order valence-corrected chi connectivity index (χ3v) is 3.40. The second-order valence-corrected chi connectivity index (χ2v) is 4.82. The number of aryl methyl sites for hydroxylation is 1. The summed E-state index contributed by atoms with van der Waals surface area (Å²) in [4.78, 5) is 4.38. The summed E-state index contributed by atoms with van der Waals surface area (Å²) in [6, 6.07) is 14.7. The summed E-state index contributed by atoms with van der Waals surface area (Å²) >= 11 is 0. The van der Waals surface area contributed by atoms with Gasteiger partial charge in [0, 0.05) is 30.6 Å². The van der Waals surface area contributed by atoms with Gasteiger partial charge in [0.25, 0.3) is 0 Å². The van der Waals surface area contributed by atoms with Gasteiger partial charge in [-0.15, -0.1) is 0 Å². The minimum absolute atomic E-state index is 0.193. The van der Waals surface area contributed by atoms with Gasteiger partial charge in [0.05, 0.1) is 11.7 Å². The lowest BCUT2D eigenvalue weighted by atomic mass is 10.2. The first-order chi connectivity index (χ1) is 9.24. The molecule has 3 nitrogen and oxygen atoms in total. The maximum Gasteiger partial charge on any atom is 0.0657 e. The normalized spacial score (nSPS) is 12.5. The van der Waals surface area contributed by atoms with E-state index in [1.807, 2.05) is 24.4 Å². The summed E-state index contributed by atoms with van der Waals surface area (Å²) in [5, 5.41) is 4.75. The quantitative estimate of drug-likeness (QED) is 0.768. The lowest BCUT2D eigenvalue weighted by Crippen LogP contribution is -2.08. The van der Waals surface area contributed by atoms with E-state index in [4.69, 9.17) is 0 Å². The van der Waals surface area contributed by atoms with Crippen LogP contribution in [0.4, 0.5) is 5.69 Å². The first-order valence-corrected chi connectivity index (χ1v) is 6.46. The SMILES string of the molecule is CC(Nc1ccc2ccn(C)c2c1)c1ccccn1. The molecule has 0 amide bonds. The fourth-order valence-corrected chi connectivity index (χ4v) is 2.31. The molecule has 19 heavy (non-hydrogen) atoms. The molecule has 0 radical (unpaired) electrons. The van der Waals surface area contributed by atoms with E-state index in [-0.39, 0.29) is 6.04 Å². The third-order valence-electron chi connectivity index (χ3n) is 3.40. The maximum atomic E-state index is 4.38. The molecule has 0 aliphatic heterocycles. The largest absolute Gasteiger partial charge is 0.377 e. The first kappa shape index (κ1) is 11.8. The zero-order chi connectivity index (χ0) is 13.2. The standard InChI is InChI=1S/C16H17N3/c1-12(15-5-3-4-9-17-15)18-14-7-6-13-8-10-19(2)16(13)11-14/h3-12,18H,1-2H3. The Bertz CT molecular complexity index is 686. The molecule has 0 saturated carbocycles. The number of aromatic nitrogens is 2. The highest BCUT2D eigenvalue weighted by Crippen LogP contribution is 2.23. The molecule has 1 unspecified atom stereocenters. The van der Waals surface area contributed by atoms with Crippen molar-refractivity contribution in [1.82, 2.24) is 9.55 Å². The number of hydrogen-bond acceptors (Lipinski definition) is 2. The van der Waals surface area contributed by atoms with Gasteiger partial charge in [-0.1, -0.05) is 12.1 Å². The van der Waals surface area contributed by atoms with Gasteiger partial charge >= 0.3 is 0 Å². The van der Waals surface area contributed by atoms with Crippen LogP contribution in [0.1, 0.15) is 18.7 Å². The molecule has 1 atom stereocenters. The summed E-state index contributed by atoms with van der Waals surface area (Å²) in [6.45, 7) is 2.12. The molecular formula is C16H17N3. The number of rotatable bonds is 3. The van der Waals surface area contributed by atoms with Crippen molar-refractivity contribution >= 4 is 16.6 Å². The molecule has 0 bridgehead atoms. The molecule has 96 valence electrons. The summed E-state index contributed by atoms with van der Waals surface area (Å²) < 4.78 is 2.13. The Kier molecular flexibility index (Phi) is 2.95. The molecule has 0 fully saturated rings. The van der Waals surface area contributed by atoms with Crippen molar-refractivity contribution in [3.63, 3.8) is 0 Å². The van der Waals surface area contributed by atoms with Crippen molar-refractivity contribution in [3.05, 3.63) is 60.6 Å². The van der Waals surface area contributed by atoms with Gasteiger partial charge in [-0.25, -0.2) is 0 Å². The number of nitrogens with zero attached hydrogens (tertiary/aromatic N) is 2. The predicted molar refractivity (Wildman–Crippen MR) is 79.2 cm³/mol. The Morgan fingerprint density at radius 2 is 2.05 bits per heavy atom. The number of nitrogens with one attached hydrogen (secondary N) is 1. The van der Waals surface area contributed by atoms with Crippen molar-refractivity contribution in [2.24, 2.45) is 7.05 Å². The molecule has 3 heteroatoms. The fraction of sp³-hybridized carbons (Fsp3) is 0.188. The van der Waals surface area contributed by atoms with E-state index < -0.39 is 0 Å². The van der Waals surface area contributed by atoms with Crippen LogP contribution in [0.2, 0.25) is 0 Å². The van der Waals surface area contributed by atoms with E-state index in [1.54, 1.807) is 0 Å². The zero-order valence-corrected chi connectivity index (χ0v) is 11.2. The van der Waals surface area contributed by atoms with Crippen LogP contribution in [0.15, 0.2) is 54.9 Å². The summed E-state index contributed by atoms with van der Waals surface area (Å²) in [5.41, 5.74) is 3.40. The van der Waals surface area contributed by atoms with Crippen LogP contribution in [0.25, 0.3) is 10.9 Å². The summed E-state index contributed by atoms with van der Waals surface area (Å²) in [6.07, 6.45) is 3.91. The lowest BCUT2D eigenvalue weighted by Gasteiger charge is -2.15. The first-order valence-electron chi connectivity index (χ1n) is 6.46. The van der Waals surface area contributed by atoms with E-state index in [9.17, 15) is 0 Å². The van der Waals surface area contributed by atoms with E-state index >= 15 is 0 Å². The van der Waals surface area contributed by atoms with Crippen LogP contribution in [0, 0.1) is 0 Å². The van der Waals surface area contributed by atoms with Gasteiger partial charge < -0.3 is 9.88 Å². The van der Waals surface area contributed by atoms with Crippen LogP contribution >= 0.6 is 0 Å². The van der Waals surface area contributed by atoms with Crippen LogP contribution in [0.5, 0.6) is 0 Å². The van der Waals surface area contributed by atoms with Crippen LogP contribution in [-0.2, 0) is 7.05 Å². The second-order valence-electron chi connectivity index (χ2n) is 4.82. The van der Waals surface area contributed by atoms with Crippen LogP contribution in [-0.4, -0.2) is 9.55 Å². The van der Waals surface area contributed by atoms with E-state index in [0.717, 1.165) is 11.4 Å². The third kappa shape index (κ3) is 2.32. The summed E-state index contributed by atoms with van der Waals surface area (Å²) in [5.74, 6) is 0. The molecule has 1 aromatic carbocycles. The Morgan fingerprint density at radius 1 is 1.16 bits per heavy atom. The molecule has 0 aliphatic rings. The van der Waals surface area contributed by atoms with Crippen molar-refractivity contribution in [2.45, 2.75) is 13.0 Å². The average molecular weight is 251 g/mol. The number of anilines is 1. The lowest BCUT2D eigenvalue weighted by molar-refractivity contribution is 0.839. The average Bonchev–Trinajstić information content (AvgIpc) is 2.81. The molecule has 0 aliphatic carbocycles. The minimum Gasteiger partial charge on any atom is -0.377 e. The van der Waals surface area contributed by atoms with Crippen molar-refractivity contribution in [3.8, 4) is 0 Å². The summed E-state index contributed by atoms with van der Waals surface area (Å²) in [7, 11) is 2.06. The highest BCUT2D eigenvalue weighted by atomic mass is 15.0. The predicted octanol–water partition coefficient (Wildman–Crippen LogP) is 3.75. The van der Waals surface area contributed by atoms with Crippen molar-refractivity contribution < 1.29 is 0 Å². The number of benzene rings is 1. The number of pyridine rings is 1. The van der Waals surface area contributed by atoms with Gasteiger partial charge in [-0.05, 0) is 42.6 Å². The van der Waals surface area contributed by atoms with Crippen molar-refractivity contribution in [1.29, 1.82) is 0 Å². The second kappa shape index (κ2) is 4.76. The molecule has 3 aromatic rings. The fourth-order valence-electron chi connectivity index (χ4n) is 2.31. The van der Waals surface area contributed by atoms with Gasteiger partial charge in [0.1, 0.15) is 0 Å². The molecule has 2 heterocycles. The van der Waals surface area contributed by atoms with Gasteiger partial charge in [-0.2, -0.15) is 0 Å². The molecule has 0 spiro atoms. The molecular weight excluding hydrogens is 234 g/mol. The molecule has 3 rings (SSSR count). The number of fused-ring (bicyclic) bond motifs is 1. The topological polar surface area (TPSA) is 29.9 Å². The monoisotopic (exact) mass is 251 g/mol. The van der Waals surface area contributed by atoms with Crippen LogP contribution in [0.3, 0.4) is 0 Å². The molecule has 0 saturated heterocycles. The van der Waals surface area contributed by atoms with Crippen LogP contribution < -0.4 is 5.32 Å². The molecule has 1 N–H and O–H groups in total. The smallest absolute Gasteiger partial charge is 0.0657 e. The Balaban J connectivity index is 1.87. The zero-order valence-electron chi connectivity index (χ0n) is 11.2. The van der Waals surface area contributed by atoms with E-state index in [2.05, 4.69) is 59.3 Å². The van der Waals surface area contributed by atoms with Crippen molar-refractivity contribution in [2.75, 3.05) is 5.32 Å². The van der Waals surface area contributed by atoms with E-state index in [0.29, 0.717) is 0 Å². The number of hydrogen-bond donors (Lipinski definition) is 1.